The number of rotatable bonds is 7. The molecule has 0 unspecified atom stereocenters. The number of amides is 1. The summed E-state index contributed by atoms with van der Waals surface area (Å²) in [5.41, 5.74) is 2.53. The van der Waals surface area contributed by atoms with E-state index in [0.29, 0.717) is 16.9 Å². The Morgan fingerprint density at radius 3 is 2.47 bits per heavy atom. The van der Waals surface area contributed by atoms with Gasteiger partial charge in [-0.25, -0.2) is 9.07 Å². The molecule has 0 aliphatic heterocycles. The molecule has 7 heteroatoms. The molecule has 3 aromatic carbocycles. The summed E-state index contributed by atoms with van der Waals surface area (Å²) < 4.78 is 20.7. The van der Waals surface area contributed by atoms with Crippen molar-refractivity contribution in [3.05, 3.63) is 108 Å². The molecule has 32 heavy (non-hydrogen) atoms. The maximum absolute atomic E-state index is 13.3. The highest BCUT2D eigenvalue weighted by Crippen LogP contribution is 2.23. The molecule has 0 saturated heterocycles. The molecular formula is C25H20FN3O3. The van der Waals surface area contributed by atoms with Crippen LogP contribution in [0, 0.1) is 5.82 Å². The number of carbonyl (C=O) groups excluding carboxylic acids is 2. The fourth-order valence-corrected chi connectivity index (χ4v) is 3.09. The molecule has 4 rings (SSSR count). The highest BCUT2D eigenvalue weighted by Gasteiger charge is 2.20. The van der Waals surface area contributed by atoms with Crippen LogP contribution < -0.4 is 10.1 Å². The third kappa shape index (κ3) is 4.89. The highest BCUT2D eigenvalue weighted by molar-refractivity contribution is 6.05. The zero-order valence-electron chi connectivity index (χ0n) is 17.3. The minimum Gasteiger partial charge on any atom is -0.485 e. The Morgan fingerprint density at radius 2 is 1.75 bits per heavy atom. The number of carbonyl (C=O) groups is 2. The van der Waals surface area contributed by atoms with E-state index in [-0.39, 0.29) is 29.7 Å². The Hall–Kier alpha value is -4.26. The van der Waals surface area contributed by atoms with E-state index in [1.165, 1.54) is 23.7 Å². The van der Waals surface area contributed by atoms with Gasteiger partial charge in [0.1, 0.15) is 12.4 Å². The molecule has 1 N–H and O–H groups in total. The van der Waals surface area contributed by atoms with E-state index in [1.54, 1.807) is 42.6 Å². The molecule has 4 aromatic rings. The topological polar surface area (TPSA) is 73.2 Å². The van der Waals surface area contributed by atoms with Gasteiger partial charge >= 0.3 is 0 Å². The maximum atomic E-state index is 13.3. The van der Waals surface area contributed by atoms with Gasteiger partial charge in [0.2, 0.25) is 0 Å². The predicted molar refractivity (Wildman–Crippen MR) is 119 cm³/mol. The zero-order chi connectivity index (χ0) is 22.5. The lowest BCUT2D eigenvalue weighted by molar-refractivity contribution is 0.100. The largest absolute Gasteiger partial charge is 0.485 e. The van der Waals surface area contributed by atoms with Crippen molar-refractivity contribution in [1.82, 2.24) is 9.78 Å². The fourth-order valence-electron chi connectivity index (χ4n) is 3.09. The summed E-state index contributed by atoms with van der Waals surface area (Å²) in [6.07, 6.45) is 1.58. The van der Waals surface area contributed by atoms with Crippen molar-refractivity contribution in [2.75, 3.05) is 5.32 Å². The van der Waals surface area contributed by atoms with Crippen molar-refractivity contribution in [2.24, 2.45) is 0 Å². The average Bonchev–Trinajstić information content (AvgIpc) is 3.23. The minimum atomic E-state index is -0.491. The van der Waals surface area contributed by atoms with Crippen molar-refractivity contribution in [1.29, 1.82) is 0 Å². The SMILES string of the molecule is CC(=O)c1cccc(NC(=O)c2nn(-c3ccc(F)cc3)cc2OCc2ccccc2)c1. The summed E-state index contributed by atoms with van der Waals surface area (Å²) in [6.45, 7) is 1.71. The summed E-state index contributed by atoms with van der Waals surface area (Å²) >= 11 is 0. The molecule has 6 nitrogen and oxygen atoms in total. The van der Waals surface area contributed by atoms with E-state index in [2.05, 4.69) is 10.4 Å². The molecule has 1 amide bonds. The Labute approximate surface area is 184 Å². The van der Waals surface area contributed by atoms with Crippen molar-refractivity contribution < 1.29 is 18.7 Å². The lowest BCUT2D eigenvalue weighted by atomic mass is 10.1. The molecule has 0 saturated carbocycles. The van der Waals surface area contributed by atoms with Gasteiger partial charge in [-0.3, -0.25) is 9.59 Å². The Balaban J connectivity index is 1.63. The van der Waals surface area contributed by atoms with Crippen molar-refractivity contribution in [2.45, 2.75) is 13.5 Å². The Morgan fingerprint density at radius 1 is 1.00 bits per heavy atom. The number of nitrogens with zero attached hydrogens (tertiary/aromatic N) is 2. The third-order valence-electron chi connectivity index (χ3n) is 4.75. The van der Waals surface area contributed by atoms with E-state index in [1.807, 2.05) is 30.3 Å². The van der Waals surface area contributed by atoms with Crippen LogP contribution in [-0.2, 0) is 6.61 Å². The van der Waals surface area contributed by atoms with E-state index in [4.69, 9.17) is 4.74 Å². The normalized spacial score (nSPS) is 10.6. The van der Waals surface area contributed by atoms with Crippen LogP contribution >= 0.6 is 0 Å². The zero-order valence-corrected chi connectivity index (χ0v) is 17.3. The summed E-state index contributed by atoms with van der Waals surface area (Å²) in [5.74, 6) is -0.689. The van der Waals surface area contributed by atoms with Crippen LogP contribution in [-0.4, -0.2) is 21.5 Å². The van der Waals surface area contributed by atoms with Gasteiger partial charge in [-0.05, 0) is 48.9 Å². The number of halogens is 1. The molecule has 160 valence electrons. The van der Waals surface area contributed by atoms with Gasteiger partial charge < -0.3 is 10.1 Å². The van der Waals surface area contributed by atoms with Gasteiger partial charge in [0.15, 0.2) is 17.2 Å². The molecule has 1 aromatic heterocycles. The second-order valence-electron chi connectivity index (χ2n) is 7.13. The number of hydrogen-bond donors (Lipinski definition) is 1. The highest BCUT2D eigenvalue weighted by atomic mass is 19.1. The maximum Gasteiger partial charge on any atom is 0.280 e. The molecule has 0 fully saturated rings. The van der Waals surface area contributed by atoms with Crippen molar-refractivity contribution in [3.8, 4) is 11.4 Å². The predicted octanol–water partition coefficient (Wildman–Crippen LogP) is 5.05. The van der Waals surface area contributed by atoms with Gasteiger partial charge in [0.05, 0.1) is 11.9 Å². The first-order valence-corrected chi connectivity index (χ1v) is 9.94. The minimum absolute atomic E-state index is 0.0680. The molecule has 0 bridgehead atoms. The van der Waals surface area contributed by atoms with Crippen LogP contribution in [0.5, 0.6) is 5.75 Å². The van der Waals surface area contributed by atoms with Crippen molar-refractivity contribution >= 4 is 17.4 Å². The molecule has 0 spiro atoms. The van der Waals surface area contributed by atoms with E-state index >= 15 is 0 Å². The number of ether oxygens (including phenoxy) is 1. The van der Waals surface area contributed by atoms with Gasteiger partial charge in [0.25, 0.3) is 5.91 Å². The molecule has 0 radical (unpaired) electrons. The van der Waals surface area contributed by atoms with Gasteiger partial charge in [-0.15, -0.1) is 0 Å². The number of aromatic nitrogens is 2. The number of benzene rings is 3. The number of Topliss-reactive ketones (excluding diaryl/α,β-unsaturated/α-hetero) is 1. The summed E-state index contributed by atoms with van der Waals surface area (Å²) in [7, 11) is 0. The van der Waals surface area contributed by atoms with E-state index < -0.39 is 5.91 Å². The first-order valence-electron chi connectivity index (χ1n) is 9.94. The standard InChI is InChI=1S/C25H20FN3O3/c1-17(30)19-8-5-9-21(14-19)27-25(31)24-23(32-16-18-6-3-2-4-7-18)15-29(28-24)22-12-10-20(26)11-13-22/h2-15H,16H2,1H3,(H,27,31). The monoisotopic (exact) mass is 429 g/mol. The van der Waals surface area contributed by atoms with Gasteiger partial charge in [-0.1, -0.05) is 42.5 Å². The quantitative estimate of drug-likeness (QED) is 0.418. The van der Waals surface area contributed by atoms with Crippen LogP contribution in [0.2, 0.25) is 0 Å². The first kappa shape index (κ1) is 21.0. The lowest BCUT2D eigenvalue weighted by Gasteiger charge is -2.08. The summed E-state index contributed by atoms with van der Waals surface area (Å²) in [5, 5.41) is 7.13. The van der Waals surface area contributed by atoms with Crippen molar-refractivity contribution in [3.63, 3.8) is 0 Å². The number of nitrogens with one attached hydrogen (secondary N) is 1. The molecule has 0 aliphatic carbocycles. The van der Waals surface area contributed by atoms with Crippen LogP contribution in [0.1, 0.15) is 33.3 Å². The van der Waals surface area contributed by atoms with Crippen LogP contribution in [0.25, 0.3) is 5.69 Å². The van der Waals surface area contributed by atoms with Crippen LogP contribution in [0.3, 0.4) is 0 Å². The number of hydrogen-bond acceptors (Lipinski definition) is 4. The third-order valence-corrected chi connectivity index (χ3v) is 4.75. The second kappa shape index (κ2) is 9.26. The first-order chi connectivity index (χ1) is 15.5. The van der Waals surface area contributed by atoms with Gasteiger partial charge in [0, 0.05) is 11.3 Å². The van der Waals surface area contributed by atoms with E-state index in [9.17, 15) is 14.0 Å². The van der Waals surface area contributed by atoms with Crippen LogP contribution in [0.4, 0.5) is 10.1 Å². The fraction of sp³-hybridized carbons (Fsp3) is 0.0800. The summed E-state index contributed by atoms with van der Waals surface area (Å²) in [6, 6.07) is 21.9. The molecule has 0 aliphatic rings. The average molecular weight is 429 g/mol. The van der Waals surface area contributed by atoms with Gasteiger partial charge in [-0.2, -0.15) is 5.10 Å². The number of ketones is 1. The van der Waals surface area contributed by atoms with E-state index in [0.717, 1.165) is 5.56 Å². The summed E-state index contributed by atoms with van der Waals surface area (Å²) in [4.78, 5) is 24.7. The molecule has 1 heterocycles. The second-order valence-corrected chi connectivity index (χ2v) is 7.13. The number of anilines is 1. The lowest BCUT2D eigenvalue weighted by Crippen LogP contribution is -2.15. The Bertz CT molecular complexity index is 1250. The smallest absolute Gasteiger partial charge is 0.280 e. The van der Waals surface area contributed by atoms with Crippen LogP contribution in [0.15, 0.2) is 85.1 Å². The Kier molecular flexibility index (Phi) is 6.07. The molecular weight excluding hydrogens is 409 g/mol. The molecule has 0 atom stereocenters.